The van der Waals surface area contributed by atoms with Gasteiger partial charge >= 0.3 is 0 Å². The Hall–Kier alpha value is -2.35. The van der Waals surface area contributed by atoms with E-state index in [1.54, 1.807) is 0 Å². The Morgan fingerprint density at radius 3 is 2.14 bits per heavy atom. The van der Waals surface area contributed by atoms with Crippen molar-refractivity contribution in [3.8, 4) is 6.07 Å². The summed E-state index contributed by atoms with van der Waals surface area (Å²) in [5, 5.41) is 9.40. The van der Waals surface area contributed by atoms with Gasteiger partial charge in [-0.1, -0.05) is 12.1 Å². The molecule has 0 aromatic heterocycles. The van der Waals surface area contributed by atoms with E-state index in [0.717, 1.165) is 11.3 Å². The summed E-state index contributed by atoms with van der Waals surface area (Å²) in [5.74, 6) is 0.650. The van der Waals surface area contributed by atoms with Gasteiger partial charge in [0.05, 0.1) is 6.04 Å². The van der Waals surface area contributed by atoms with E-state index < -0.39 is 5.54 Å². The van der Waals surface area contributed by atoms with Crippen molar-refractivity contribution < 1.29 is 0 Å². The summed E-state index contributed by atoms with van der Waals surface area (Å²) in [6, 6.07) is 10.4. The summed E-state index contributed by atoms with van der Waals surface area (Å²) in [6.07, 6.45) is 0. The van der Waals surface area contributed by atoms with Crippen LogP contribution in [0.1, 0.15) is 19.4 Å². The number of hydrogen-bond donors (Lipinski definition) is 0. The van der Waals surface area contributed by atoms with E-state index in [9.17, 15) is 5.26 Å². The van der Waals surface area contributed by atoms with E-state index in [2.05, 4.69) is 35.2 Å². The van der Waals surface area contributed by atoms with Crippen LogP contribution in [0.15, 0.2) is 34.3 Å². The van der Waals surface area contributed by atoms with Crippen LogP contribution in [0.3, 0.4) is 0 Å². The van der Waals surface area contributed by atoms with Gasteiger partial charge in [-0.25, -0.2) is 0 Å². The molecule has 1 aliphatic rings. The molecular formula is C17H23N5. The SMILES string of the molecule is CC1N=C(N(C)C)C(C#N)=NC1(C)c1ccc(N(C)C)cc1. The predicted octanol–water partition coefficient (Wildman–Crippen LogP) is 2.29. The third kappa shape index (κ3) is 2.69. The van der Waals surface area contributed by atoms with Gasteiger partial charge in [-0.05, 0) is 31.5 Å². The van der Waals surface area contributed by atoms with Crippen molar-refractivity contribution in [2.75, 3.05) is 33.1 Å². The van der Waals surface area contributed by atoms with E-state index in [0.29, 0.717) is 11.5 Å². The standard InChI is InChI=1S/C17H23N5/c1-12-17(2,13-7-9-14(10-8-13)21(3)4)20-15(11-18)16(19-12)22(5)6/h7-10,12H,1-6H3. The molecule has 1 heterocycles. The highest BCUT2D eigenvalue weighted by Gasteiger charge is 2.38. The van der Waals surface area contributed by atoms with Crippen molar-refractivity contribution in [2.24, 2.45) is 9.98 Å². The van der Waals surface area contributed by atoms with Gasteiger partial charge in [-0.3, -0.25) is 9.98 Å². The maximum Gasteiger partial charge on any atom is 0.178 e. The second-order valence-electron chi connectivity index (χ2n) is 6.18. The molecule has 5 nitrogen and oxygen atoms in total. The van der Waals surface area contributed by atoms with Crippen LogP contribution in [0.2, 0.25) is 0 Å². The Kier molecular flexibility index (Phi) is 4.23. The van der Waals surface area contributed by atoms with Gasteiger partial charge < -0.3 is 9.80 Å². The number of amidine groups is 1. The normalized spacial score (nSPS) is 24.1. The molecule has 0 saturated carbocycles. The van der Waals surface area contributed by atoms with Crippen LogP contribution in [0, 0.1) is 11.3 Å². The van der Waals surface area contributed by atoms with Crippen molar-refractivity contribution in [3.63, 3.8) is 0 Å². The molecule has 0 spiro atoms. The van der Waals surface area contributed by atoms with Crippen LogP contribution in [-0.4, -0.2) is 50.7 Å². The summed E-state index contributed by atoms with van der Waals surface area (Å²) in [7, 11) is 7.79. The maximum absolute atomic E-state index is 9.40. The van der Waals surface area contributed by atoms with Crippen LogP contribution in [0.25, 0.3) is 0 Å². The number of benzene rings is 1. The minimum Gasteiger partial charge on any atom is -0.378 e. The Bertz CT molecular complexity index is 649. The topological polar surface area (TPSA) is 55.0 Å². The monoisotopic (exact) mass is 297 g/mol. The molecule has 5 heteroatoms. The van der Waals surface area contributed by atoms with Crippen LogP contribution in [-0.2, 0) is 5.54 Å². The van der Waals surface area contributed by atoms with Gasteiger partial charge in [0.2, 0.25) is 0 Å². The highest BCUT2D eigenvalue weighted by atomic mass is 15.2. The lowest BCUT2D eigenvalue weighted by atomic mass is 9.84. The number of rotatable bonds is 2. The zero-order valence-electron chi connectivity index (χ0n) is 14.1. The molecule has 0 N–H and O–H groups in total. The summed E-state index contributed by atoms with van der Waals surface area (Å²) in [4.78, 5) is 13.3. The molecule has 2 rings (SSSR count). The Balaban J connectivity index is 2.46. The molecule has 0 amide bonds. The number of nitriles is 1. The van der Waals surface area contributed by atoms with Crippen LogP contribution in [0.4, 0.5) is 5.69 Å². The van der Waals surface area contributed by atoms with Gasteiger partial charge in [0, 0.05) is 33.9 Å². The molecule has 1 aliphatic heterocycles. The molecule has 0 saturated heterocycles. The van der Waals surface area contributed by atoms with E-state index >= 15 is 0 Å². The minimum atomic E-state index is -0.518. The molecular weight excluding hydrogens is 274 g/mol. The first-order valence-electron chi connectivity index (χ1n) is 7.33. The average molecular weight is 297 g/mol. The maximum atomic E-state index is 9.40. The van der Waals surface area contributed by atoms with Crippen molar-refractivity contribution >= 4 is 17.2 Å². The molecule has 116 valence electrons. The highest BCUT2D eigenvalue weighted by Crippen LogP contribution is 2.35. The first-order valence-corrected chi connectivity index (χ1v) is 7.33. The average Bonchev–Trinajstić information content (AvgIpc) is 2.49. The third-order valence-electron chi connectivity index (χ3n) is 4.18. The smallest absolute Gasteiger partial charge is 0.178 e. The van der Waals surface area contributed by atoms with E-state index in [4.69, 9.17) is 9.98 Å². The summed E-state index contributed by atoms with van der Waals surface area (Å²) in [6.45, 7) is 4.08. The quantitative estimate of drug-likeness (QED) is 0.841. The van der Waals surface area contributed by atoms with E-state index in [1.165, 1.54) is 0 Å². The fraction of sp³-hybridized carbons (Fsp3) is 0.471. The molecule has 1 aromatic rings. The molecule has 1 aromatic carbocycles. The van der Waals surface area contributed by atoms with Crippen LogP contribution < -0.4 is 4.90 Å². The van der Waals surface area contributed by atoms with Crippen LogP contribution >= 0.6 is 0 Å². The van der Waals surface area contributed by atoms with Crippen LogP contribution in [0.5, 0.6) is 0 Å². The second kappa shape index (κ2) is 5.80. The number of hydrogen-bond acceptors (Lipinski definition) is 5. The lowest BCUT2D eigenvalue weighted by Gasteiger charge is -2.35. The highest BCUT2D eigenvalue weighted by molar-refractivity contribution is 6.47. The lowest BCUT2D eigenvalue weighted by Crippen LogP contribution is -2.43. The zero-order chi connectivity index (χ0) is 16.5. The van der Waals surface area contributed by atoms with Gasteiger partial charge in [-0.2, -0.15) is 5.26 Å². The third-order valence-corrected chi connectivity index (χ3v) is 4.18. The Morgan fingerprint density at radius 2 is 1.68 bits per heavy atom. The number of aliphatic imine (C=N–C) groups is 2. The zero-order valence-corrected chi connectivity index (χ0v) is 14.1. The van der Waals surface area contributed by atoms with Gasteiger partial charge in [0.1, 0.15) is 11.6 Å². The van der Waals surface area contributed by atoms with Crippen molar-refractivity contribution in [1.82, 2.24) is 4.90 Å². The molecule has 0 aliphatic carbocycles. The van der Waals surface area contributed by atoms with Crippen molar-refractivity contribution in [3.05, 3.63) is 29.8 Å². The number of nitrogens with zero attached hydrogens (tertiary/aromatic N) is 5. The lowest BCUT2D eigenvalue weighted by molar-refractivity contribution is 0.405. The van der Waals surface area contributed by atoms with Crippen molar-refractivity contribution in [2.45, 2.75) is 25.4 Å². The van der Waals surface area contributed by atoms with Crippen molar-refractivity contribution in [1.29, 1.82) is 5.26 Å². The van der Waals surface area contributed by atoms with E-state index in [-0.39, 0.29) is 6.04 Å². The fourth-order valence-corrected chi connectivity index (χ4v) is 2.55. The van der Waals surface area contributed by atoms with E-state index in [1.807, 2.05) is 46.9 Å². The molecule has 2 unspecified atom stereocenters. The van der Waals surface area contributed by atoms with Gasteiger partial charge in [0.25, 0.3) is 0 Å². The molecule has 22 heavy (non-hydrogen) atoms. The number of anilines is 1. The fourth-order valence-electron chi connectivity index (χ4n) is 2.55. The molecule has 0 fully saturated rings. The first kappa shape index (κ1) is 16.0. The molecule has 0 radical (unpaired) electrons. The summed E-state index contributed by atoms with van der Waals surface area (Å²) >= 11 is 0. The van der Waals surface area contributed by atoms with Gasteiger partial charge in [-0.15, -0.1) is 0 Å². The summed E-state index contributed by atoms with van der Waals surface area (Å²) in [5.41, 5.74) is 2.08. The molecule has 0 bridgehead atoms. The second-order valence-corrected chi connectivity index (χ2v) is 6.18. The Morgan fingerprint density at radius 1 is 1.09 bits per heavy atom. The Labute approximate surface area is 132 Å². The summed E-state index contributed by atoms with van der Waals surface area (Å²) < 4.78 is 0. The van der Waals surface area contributed by atoms with Gasteiger partial charge in [0.15, 0.2) is 11.5 Å². The first-order chi connectivity index (χ1) is 10.3. The minimum absolute atomic E-state index is 0.0350. The predicted molar refractivity (Wildman–Crippen MR) is 91.8 cm³/mol. The molecule has 2 atom stereocenters. The largest absolute Gasteiger partial charge is 0.378 e.